The molecule has 1 heterocycles. The van der Waals surface area contributed by atoms with Gasteiger partial charge >= 0.3 is 0 Å². The van der Waals surface area contributed by atoms with Gasteiger partial charge in [0, 0.05) is 29.0 Å². The second-order valence-electron chi connectivity index (χ2n) is 8.16. The Kier molecular flexibility index (Phi) is 7.88. The predicted molar refractivity (Wildman–Crippen MR) is 145 cm³/mol. The number of hydrogen-bond acceptors (Lipinski definition) is 3. The molecule has 1 N–H and O–H groups in total. The molecular weight excluding hydrogens is 495 g/mol. The molecule has 36 heavy (non-hydrogen) atoms. The number of amides is 2. The van der Waals surface area contributed by atoms with Gasteiger partial charge in [-0.15, -0.1) is 6.58 Å². The van der Waals surface area contributed by atoms with E-state index < -0.39 is 5.91 Å². The first-order valence-electron chi connectivity index (χ1n) is 11.2. The number of halogens is 2. The number of benzene rings is 3. The highest BCUT2D eigenvalue weighted by molar-refractivity contribution is 6.33. The molecule has 3 aromatic carbocycles. The molecule has 0 atom stereocenters. The van der Waals surface area contributed by atoms with Crippen LogP contribution in [-0.2, 0) is 4.79 Å². The van der Waals surface area contributed by atoms with Crippen LogP contribution in [0.4, 0.5) is 5.95 Å². The third kappa shape index (κ3) is 5.85. The number of rotatable bonds is 8. The van der Waals surface area contributed by atoms with E-state index in [1.54, 1.807) is 47.0 Å². The minimum absolute atomic E-state index is 0.180. The van der Waals surface area contributed by atoms with Gasteiger partial charge in [-0.05, 0) is 43.3 Å². The Labute approximate surface area is 219 Å². The van der Waals surface area contributed by atoms with Gasteiger partial charge in [-0.1, -0.05) is 71.2 Å². The normalized spacial score (nSPS) is 10.6. The van der Waals surface area contributed by atoms with Crippen LogP contribution >= 0.6 is 23.2 Å². The maximum absolute atomic E-state index is 13.1. The fraction of sp³-hybridized carbons (Fsp3) is 0.107. The molecular formula is C28H24Cl2N4O2. The smallest absolute Gasteiger partial charge is 0.256 e. The third-order valence-electron chi connectivity index (χ3n) is 5.48. The zero-order valence-corrected chi connectivity index (χ0v) is 21.1. The molecule has 0 saturated carbocycles. The van der Waals surface area contributed by atoms with Crippen molar-refractivity contribution >= 4 is 41.0 Å². The second kappa shape index (κ2) is 11.2. The van der Waals surface area contributed by atoms with Crippen LogP contribution in [0.5, 0.6) is 0 Å². The fourth-order valence-corrected chi connectivity index (χ4v) is 3.99. The number of aromatic nitrogens is 2. The van der Waals surface area contributed by atoms with E-state index in [1.807, 2.05) is 49.5 Å². The molecule has 0 saturated heterocycles. The molecule has 1 aromatic heterocycles. The third-order valence-corrected chi connectivity index (χ3v) is 6.07. The number of nitrogens with zero attached hydrogens (tertiary/aromatic N) is 3. The summed E-state index contributed by atoms with van der Waals surface area (Å²) in [6.07, 6.45) is 3.41. The molecule has 4 aromatic rings. The summed E-state index contributed by atoms with van der Waals surface area (Å²) in [4.78, 5) is 32.2. The topological polar surface area (TPSA) is 67.2 Å². The molecule has 8 heteroatoms. The van der Waals surface area contributed by atoms with Crippen LogP contribution in [0.3, 0.4) is 0 Å². The van der Waals surface area contributed by atoms with Crippen molar-refractivity contribution in [3.63, 3.8) is 0 Å². The number of nitrogens with one attached hydrogen (secondary N) is 1. The van der Waals surface area contributed by atoms with E-state index in [1.165, 1.54) is 4.90 Å². The number of anilines is 1. The van der Waals surface area contributed by atoms with Crippen LogP contribution in [0, 0.1) is 6.92 Å². The Morgan fingerprint density at radius 1 is 1.03 bits per heavy atom. The lowest BCUT2D eigenvalue weighted by atomic mass is 10.2. The van der Waals surface area contributed by atoms with Crippen molar-refractivity contribution in [3.8, 4) is 16.9 Å². The van der Waals surface area contributed by atoms with Crippen molar-refractivity contribution in [1.29, 1.82) is 0 Å². The van der Waals surface area contributed by atoms with E-state index in [9.17, 15) is 9.59 Å². The van der Waals surface area contributed by atoms with E-state index in [2.05, 4.69) is 16.9 Å². The molecule has 0 spiro atoms. The van der Waals surface area contributed by atoms with Gasteiger partial charge < -0.3 is 4.90 Å². The number of carbonyl (C=O) groups is 2. The first kappa shape index (κ1) is 25.2. The maximum Gasteiger partial charge on any atom is 0.256 e. The Balaban J connectivity index is 1.62. The van der Waals surface area contributed by atoms with Crippen LogP contribution in [0.15, 0.2) is 91.6 Å². The van der Waals surface area contributed by atoms with Gasteiger partial charge in [0.25, 0.3) is 5.91 Å². The highest BCUT2D eigenvalue weighted by Crippen LogP contribution is 2.26. The van der Waals surface area contributed by atoms with Crippen LogP contribution in [-0.4, -0.2) is 39.4 Å². The second-order valence-corrected chi connectivity index (χ2v) is 9.01. The summed E-state index contributed by atoms with van der Waals surface area (Å²) in [6, 6.07) is 21.9. The molecule has 0 bridgehead atoms. The molecule has 0 aliphatic rings. The van der Waals surface area contributed by atoms with E-state index in [4.69, 9.17) is 23.2 Å². The first-order valence-corrected chi connectivity index (χ1v) is 12.0. The highest BCUT2D eigenvalue weighted by Gasteiger charge is 2.21. The number of carbonyl (C=O) groups excluding carboxylic acids is 2. The first-order chi connectivity index (χ1) is 17.4. The summed E-state index contributed by atoms with van der Waals surface area (Å²) in [7, 11) is 0. The molecule has 182 valence electrons. The minimum Gasteiger partial charge on any atom is -0.326 e. The Hall–Kier alpha value is -3.87. The van der Waals surface area contributed by atoms with Crippen molar-refractivity contribution in [1.82, 2.24) is 14.5 Å². The van der Waals surface area contributed by atoms with Gasteiger partial charge in [0.1, 0.15) is 6.54 Å². The molecule has 6 nitrogen and oxygen atoms in total. The van der Waals surface area contributed by atoms with Crippen LogP contribution in [0.25, 0.3) is 16.9 Å². The van der Waals surface area contributed by atoms with Crippen LogP contribution in [0.2, 0.25) is 10.0 Å². The summed E-state index contributed by atoms with van der Waals surface area (Å²) < 4.78 is 1.80. The molecule has 0 aliphatic carbocycles. The van der Waals surface area contributed by atoms with Gasteiger partial charge in [0.05, 0.1) is 16.3 Å². The number of aryl methyl sites for hydroxylation is 1. The highest BCUT2D eigenvalue weighted by atomic mass is 35.5. The van der Waals surface area contributed by atoms with E-state index in [0.717, 1.165) is 16.8 Å². The monoisotopic (exact) mass is 518 g/mol. The van der Waals surface area contributed by atoms with Crippen molar-refractivity contribution in [2.45, 2.75) is 6.92 Å². The lowest BCUT2D eigenvalue weighted by molar-refractivity contribution is -0.116. The molecule has 0 radical (unpaired) electrons. The van der Waals surface area contributed by atoms with Gasteiger partial charge in [0.2, 0.25) is 11.9 Å². The van der Waals surface area contributed by atoms with Gasteiger partial charge in [-0.2, -0.15) is 0 Å². The average molecular weight is 519 g/mol. The summed E-state index contributed by atoms with van der Waals surface area (Å²) in [5, 5.41) is 3.80. The van der Waals surface area contributed by atoms with Gasteiger partial charge in [-0.3, -0.25) is 19.5 Å². The number of hydrogen-bond donors (Lipinski definition) is 1. The molecule has 0 unspecified atom stereocenters. The summed E-state index contributed by atoms with van der Waals surface area (Å²) >= 11 is 12.2. The quantitative estimate of drug-likeness (QED) is 0.273. The predicted octanol–water partition coefficient (Wildman–Crippen LogP) is 6.42. The zero-order chi connectivity index (χ0) is 25.7. The van der Waals surface area contributed by atoms with Crippen molar-refractivity contribution in [2.24, 2.45) is 0 Å². The standard InChI is InChI=1S/C28H24Cl2N4O2/c1-3-16-33(27(36)23-6-4-5-7-24(23)30)18-26(35)32-28-31-25(20-10-12-21(29)13-11-20)17-34(28)22-14-8-19(2)9-15-22/h3-15,17H,1,16,18H2,2H3,(H,31,32,35). The lowest BCUT2D eigenvalue weighted by Crippen LogP contribution is -2.38. The average Bonchev–Trinajstić information content (AvgIpc) is 3.28. The van der Waals surface area contributed by atoms with Crippen molar-refractivity contribution in [2.75, 3.05) is 18.4 Å². The maximum atomic E-state index is 13.1. The Morgan fingerprint density at radius 3 is 2.39 bits per heavy atom. The minimum atomic E-state index is -0.404. The largest absolute Gasteiger partial charge is 0.326 e. The summed E-state index contributed by atoms with van der Waals surface area (Å²) in [5.41, 5.74) is 3.78. The van der Waals surface area contributed by atoms with Gasteiger partial charge in [-0.25, -0.2) is 4.98 Å². The van der Waals surface area contributed by atoms with E-state index in [0.29, 0.717) is 27.3 Å². The van der Waals surface area contributed by atoms with Crippen molar-refractivity contribution in [3.05, 3.63) is 113 Å². The lowest BCUT2D eigenvalue weighted by Gasteiger charge is -2.21. The molecule has 2 amide bonds. The summed E-state index contributed by atoms with van der Waals surface area (Å²) in [5.74, 6) is -0.434. The van der Waals surface area contributed by atoms with Gasteiger partial charge in [0.15, 0.2) is 0 Å². The van der Waals surface area contributed by atoms with E-state index in [-0.39, 0.29) is 19.0 Å². The SMILES string of the molecule is C=CCN(CC(=O)Nc1nc(-c2ccc(Cl)cc2)cn1-c1ccc(C)cc1)C(=O)c1ccccc1Cl. The van der Waals surface area contributed by atoms with E-state index >= 15 is 0 Å². The molecule has 0 aliphatic heterocycles. The summed E-state index contributed by atoms with van der Waals surface area (Å²) in [6.45, 7) is 5.69. The number of imidazole rings is 1. The Bertz CT molecular complexity index is 1400. The van der Waals surface area contributed by atoms with Crippen LogP contribution < -0.4 is 5.32 Å². The molecule has 0 fully saturated rings. The Morgan fingerprint density at radius 2 is 1.72 bits per heavy atom. The zero-order valence-electron chi connectivity index (χ0n) is 19.6. The van der Waals surface area contributed by atoms with Crippen molar-refractivity contribution < 1.29 is 9.59 Å². The van der Waals surface area contributed by atoms with Crippen LogP contribution in [0.1, 0.15) is 15.9 Å². The fourth-order valence-electron chi connectivity index (χ4n) is 3.65. The molecule has 4 rings (SSSR count).